The maximum atomic E-state index is 11.4. The van der Waals surface area contributed by atoms with Gasteiger partial charge in [0.25, 0.3) is 0 Å². The van der Waals surface area contributed by atoms with Gasteiger partial charge in [-0.1, -0.05) is 0 Å². The van der Waals surface area contributed by atoms with Gasteiger partial charge in [-0.2, -0.15) is 0 Å². The lowest BCUT2D eigenvalue weighted by molar-refractivity contribution is 0.0695. The topological polar surface area (TPSA) is 82.1 Å². The highest BCUT2D eigenvalue weighted by Gasteiger charge is 2.28. The fraction of sp³-hybridized carbons (Fsp3) is 0.500. The highest BCUT2D eigenvalue weighted by atomic mass is 16.4. The third kappa shape index (κ3) is 2.71. The molecule has 0 bridgehead atoms. The van der Waals surface area contributed by atoms with Gasteiger partial charge in [-0.15, -0.1) is 0 Å². The monoisotopic (exact) mass is 326 g/mol. The average Bonchev–Trinajstić information content (AvgIpc) is 3.34. The Bertz CT molecular complexity index is 808. The van der Waals surface area contributed by atoms with E-state index in [1.807, 2.05) is 20.0 Å². The fourth-order valence-electron chi connectivity index (χ4n) is 3.58. The Morgan fingerprint density at radius 2 is 2.21 bits per heavy atom. The molecule has 24 heavy (non-hydrogen) atoms. The second-order valence-corrected chi connectivity index (χ2v) is 6.97. The van der Waals surface area contributed by atoms with Gasteiger partial charge in [0, 0.05) is 60.8 Å². The first-order valence-electron chi connectivity index (χ1n) is 8.51. The van der Waals surface area contributed by atoms with Crippen molar-refractivity contribution < 1.29 is 9.90 Å². The van der Waals surface area contributed by atoms with Gasteiger partial charge >= 0.3 is 5.97 Å². The lowest BCUT2D eigenvalue weighted by Gasteiger charge is -2.28. The Morgan fingerprint density at radius 3 is 2.88 bits per heavy atom. The molecule has 1 saturated carbocycles. The van der Waals surface area contributed by atoms with Crippen LogP contribution in [0.3, 0.4) is 0 Å². The number of carboxylic acids is 1. The van der Waals surface area contributed by atoms with Crippen molar-refractivity contribution >= 4 is 5.97 Å². The van der Waals surface area contributed by atoms with Crippen LogP contribution < -0.4 is 0 Å². The minimum atomic E-state index is -0.863. The summed E-state index contributed by atoms with van der Waals surface area (Å²) in [5, 5.41) is 9.32. The molecule has 0 atom stereocenters. The molecule has 2 N–H and O–H groups in total. The summed E-state index contributed by atoms with van der Waals surface area (Å²) < 4.78 is 0. The molecule has 3 heterocycles. The number of nitrogens with one attached hydrogen (secondary N) is 1. The normalized spacial score (nSPS) is 17.8. The Kier molecular flexibility index (Phi) is 3.64. The molecule has 2 aromatic heterocycles. The SMILES string of the molecule is Cc1[nH]c(CN2CCc3nc(C4CC4)ncc3C2)c(C)c1C(=O)O. The summed E-state index contributed by atoms with van der Waals surface area (Å²) in [6.45, 7) is 6.18. The van der Waals surface area contributed by atoms with E-state index in [4.69, 9.17) is 4.98 Å². The van der Waals surface area contributed by atoms with Crippen molar-refractivity contribution in [3.8, 4) is 0 Å². The lowest BCUT2D eigenvalue weighted by atomic mass is 10.1. The van der Waals surface area contributed by atoms with Crippen molar-refractivity contribution in [3.63, 3.8) is 0 Å². The Morgan fingerprint density at radius 1 is 1.42 bits per heavy atom. The first-order chi connectivity index (χ1) is 11.5. The Labute approximate surface area is 140 Å². The number of nitrogens with zero attached hydrogens (tertiary/aromatic N) is 3. The van der Waals surface area contributed by atoms with E-state index in [2.05, 4.69) is 14.9 Å². The van der Waals surface area contributed by atoms with E-state index >= 15 is 0 Å². The van der Waals surface area contributed by atoms with Crippen LogP contribution in [0.2, 0.25) is 0 Å². The van der Waals surface area contributed by atoms with Crippen molar-refractivity contribution in [3.05, 3.63) is 45.8 Å². The van der Waals surface area contributed by atoms with Gasteiger partial charge in [0.05, 0.1) is 5.56 Å². The Hall–Kier alpha value is -2.21. The van der Waals surface area contributed by atoms with E-state index in [0.717, 1.165) is 48.8 Å². The number of aromatic carboxylic acids is 1. The summed E-state index contributed by atoms with van der Waals surface area (Å²) in [4.78, 5) is 26.2. The van der Waals surface area contributed by atoms with Crippen LogP contribution in [0.1, 0.15) is 63.2 Å². The molecule has 0 aromatic carbocycles. The van der Waals surface area contributed by atoms with Crippen LogP contribution in [0.4, 0.5) is 0 Å². The minimum Gasteiger partial charge on any atom is -0.478 e. The molecule has 0 saturated heterocycles. The Balaban J connectivity index is 1.51. The van der Waals surface area contributed by atoms with Crippen LogP contribution in [-0.2, 0) is 19.5 Å². The van der Waals surface area contributed by atoms with Gasteiger partial charge in [-0.25, -0.2) is 14.8 Å². The quantitative estimate of drug-likeness (QED) is 0.902. The highest BCUT2D eigenvalue weighted by molar-refractivity contribution is 5.91. The highest BCUT2D eigenvalue weighted by Crippen LogP contribution is 2.38. The van der Waals surface area contributed by atoms with Crippen molar-refractivity contribution in [2.45, 2.75) is 52.1 Å². The van der Waals surface area contributed by atoms with E-state index in [1.165, 1.54) is 24.1 Å². The molecule has 0 unspecified atom stereocenters. The maximum absolute atomic E-state index is 11.4. The van der Waals surface area contributed by atoms with E-state index in [1.54, 1.807) is 0 Å². The summed E-state index contributed by atoms with van der Waals surface area (Å²) >= 11 is 0. The van der Waals surface area contributed by atoms with Crippen molar-refractivity contribution in [2.24, 2.45) is 0 Å². The number of rotatable bonds is 4. The predicted molar refractivity (Wildman–Crippen MR) is 89.1 cm³/mol. The molecule has 6 nitrogen and oxygen atoms in total. The third-order valence-electron chi connectivity index (χ3n) is 5.11. The predicted octanol–water partition coefficient (Wildman–Crippen LogP) is 2.56. The number of carboxylic acid groups (broad SMARTS) is 1. The molecular formula is C18H22N4O2. The summed E-state index contributed by atoms with van der Waals surface area (Å²) in [5.74, 6) is 0.744. The van der Waals surface area contributed by atoms with Crippen LogP contribution in [0.15, 0.2) is 6.20 Å². The van der Waals surface area contributed by atoms with Crippen LogP contribution in [-0.4, -0.2) is 37.5 Å². The summed E-state index contributed by atoms with van der Waals surface area (Å²) in [6.07, 6.45) is 5.37. The fourth-order valence-corrected chi connectivity index (χ4v) is 3.58. The molecule has 0 amide bonds. The average molecular weight is 326 g/mol. The van der Waals surface area contributed by atoms with Crippen LogP contribution >= 0.6 is 0 Å². The van der Waals surface area contributed by atoms with Crippen LogP contribution in [0.5, 0.6) is 0 Å². The molecular weight excluding hydrogens is 304 g/mol. The van der Waals surface area contributed by atoms with E-state index < -0.39 is 5.97 Å². The molecule has 2 aliphatic rings. The van der Waals surface area contributed by atoms with Gasteiger partial charge in [-0.05, 0) is 32.3 Å². The molecule has 0 spiro atoms. The zero-order valence-corrected chi connectivity index (χ0v) is 14.1. The van der Waals surface area contributed by atoms with Crippen molar-refractivity contribution in [1.29, 1.82) is 0 Å². The summed E-state index contributed by atoms with van der Waals surface area (Å²) in [7, 11) is 0. The summed E-state index contributed by atoms with van der Waals surface area (Å²) in [6, 6.07) is 0. The first-order valence-corrected chi connectivity index (χ1v) is 8.51. The van der Waals surface area contributed by atoms with E-state index in [-0.39, 0.29) is 0 Å². The van der Waals surface area contributed by atoms with Gasteiger partial charge in [0.15, 0.2) is 0 Å². The van der Waals surface area contributed by atoms with E-state index in [9.17, 15) is 9.90 Å². The van der Waals surface area contributed by atoms with Gasteiger partial charge < -0.3 is 10.1 Å². The zero-order valence-electron chi connectivity index (χ0n) is 14.1. The smallest absolute Gasteiger partial charge is 0.337 e. The van der Waals surface area contributed by atoms with Crippen LogP contribution in [0, 0.1) is 13.8 Å². The molecule has 2 aromatic rings. The van der Waals surface area contributed by atoms with Gasteiger partial charge in [-0.3, -0.25) is 4.90 Å². The van der Waals surface area contributed by atoms with E-state index in [0.29, 0.717) is 11.5 Å². The second-order valence-electron chi connectivity index (χ2n) is 6.97. The number of hydrogen-bond acceptors (Lipinski definition) is 4. The number of aromatic nitrogens is 3. The largest absolute Gasteiger partial charge is 0.478 e. The number of carbonyl (C=O) groups is 1. The maximum Gasteiger partial charge on any atom is 0.337 e. The lowest BCUT2D eigenvalue weighted by Crippen LogP contribution is -2.31. The standard InChI is InChI=1S/C18H22N4O2/c1-10-15(20-11(2)16(10)18(23)24)9-22-6-5-14-13(8-22)7-19-17(21-14)12-3-4-12/h7,12,20H,3-6,8-9H2,1-2H3,(H,23,24). The zero-order chi connectivity index (χ0) is 16.8. The summed E-state index contributed by atoms with van der Waals surface area (Å²) in [5.41, 5.74) is 5.35. The molecule has 1 aliphatic carbocycles. The molecule has 0 radical (unpaired) electrons. The molecule has 126 valence electrons. The number of aryl methyl sites for hydroxylation is 1. The molecule has 1 aliphatic heterocycles. The second kappa shape index (κ2) is 5.70. The van der Waals surface area contributed by atoms with Crippen molar-refractivity contribution in [1.82, 2.24) is 19.9 Å². The number of aromatic amines is 1. The molecule has 6 heteroatoms. The number of fused-ring (bicyclic) bond motifs is 1. The van der Waals surface area contributed by atoms with Gasteiger partial charge in [0.1, 0.15) is 5.82 Å². The number of H-pyrrole nitrogens is 1. The van der Waals surface area contributed by atoms with Gasteiger partial charge in [0.2, 0.25) is 0 Å². The first kappa shape index (κ1) is 15.3. The third-order valence-corrected chi connectivity index (χ3v) is 5.11. The van der Waals surface area contributed by atoms with Crippen molar-refractivity contribution in [2.75, 3.05) is 6.54 Å². The number of hydrogen-bond donors (Lipinski definition) is 2. The minimum absolute atomic E-state index is 0.403. The molecule has 4 rings (SSSR count). The van der Waals surface area contributed by atoms with Crippen LogP contribution in [0.25, 0.3) is 0 Å². The molecule has 1 fully saturated rings.